The molecule has 80 valence electrons. The van der Waals surface area contributed by atoms with E-state index >= 15 is 0 Å². The molecule has 0 saturated heterocycles. The molecule has 0 radical (unpaired) electrons. The second kappa shape index (κ2) is 3.85. The molecule has 0 atom stereocenters. The minimum atomic E-state index is -0.0774. The average Bonchev–Trinajstić information content (AvgIpc) is 2.58. The van der Waals surface area contributed by atoms with Crippen LogP contribution in [0.4, 0.5) is 0 Å². The summed E-state index contributed by atoms with van der Waals surface area (Å²) in [5.41, 5.74) is 2.02. The fraction of sp³-hybridized carbons (Fsp3) is 0.333. The number of phenolic OH excluding ortho intramolecular Hbond substituents is 2. The molecular formula is C12H15NO2. The lowest BCUT2D eigenvalue weighted by atomic mass is 10.2. The van der Waals surface area contributed by atoms with Gasteiger partial charge in [0.05, 0.1) is 0 Å². The molecule has 0 saturated carbocycles. The van der Waals surface area contributed by atoms with E-state index in [9.17, 15) is 10.2 Å². The first-order valence-corrected chi connectivity index (χ1v) is 5.24. The first kappa shape index (κ1) is 9.90. The number of aromatic hydroxyl groups is 2. The van der Waals surface area contributed by atoms with Crippen LogP contribution in [-0.4, -0.2) is 15.2 Å². The Morgan fingerprint density at radius 2 is 1.87 bits per heavy atom. The van der Waals surface area contributed by atoms with Crippen molar-refractivity contribution in [1.29, 1.82) is 0 Å². The standard InChI is InChI=1S/C12H15NO2/c1-2-3-4-9-5-8-6-11(14)12(15)7-10(8)13-9/h5-7,13-15H,2-4H2,1H3. The van der Waals surface area contributed by atoms with E-state index in [0.717, 1.165) is 35.9 Å². The normalized spacial score (nSPS) is 11.0. The minimum absolute atomic E-state index is 0.0662. The molecule has 0 bridgehead atoms. The Labute approximate surface area is 88.4 Å². The largest absolute Gasteiger partial charge is 0.504 e. The number of aromatic nitrogens is 1. The van der Waals surface area contributed by atoms with E-state index < -0.39 is 0 Å². The van der Waals surface area contributed by atoms with Crippen molar-refractivity contribution in [3.05, 3.63) is 23.9 Å². The van der Waals surface area contributed by atoms with Crippen LogP contribution in [0.5, 0.6) is 11.5 Å². The summed E-state index contributed by atoms with van der Waals surface area (Å²) in [5, 5.41) is 19.6. The number of rotatable bonds is 3. The molecule has 1 aromatic heterocycles. The highest BCUT2D eigenvalue weighted by atomic mass is 16.3. The van der Waals surface area contributed by atoms with Gasteiger partial charge in [0.2, 0.25) is 0 Å². The topological polar surface area (TPSA) is 56.2 Å². The van der Waals surface area contributed by atoms with Gasteiger partial charge >= 0.3 is 0 Å². The highest BCUT2D eigenvalue weighted by Gasteiger charge is 2.05. The summed E-state index contributed by atoms with van der Waals surface area (Å²) in [6.07, 6.45) is 3.31. The van der Waals surface area contributed by atoms with Crippen LogP contribution in [0.2, 0.25) is 0 Å². The molecule has 0 amide bonds. The van der Waals surface area contributed by atoms with Crippen molar-refractivity contribution in [2.24, 2.45) is 0 Å². The number of fused-ring (bicyclic) bond motifs is 1. The van der Waals surface area contributed by atoms with Crippen molar-refractivity contribution in [2.45, 2.75) is 26.2 Å². The van der Waals surface area contributed by atoms with Crippen LogP contribution in [0, 0.1) is 0 Å². The molecule has 0 aliphatic rings. The highest BCUT2D eigenvalue weighted by molar-refractivity contribution is 5.84. The number of phenols is 2. The smallest absolute Gasteiger partial charge is 0.159 e. The summed E-state index contributed by atoms with van der Waals surface area (Å²) in [5.74, 6) is -0.144. The van der Waals surface area contributed by atoms with Crippen molar-refractivity contribution < 1.29 is 10.2 Å². The fourth-order valence-electron chi connectivity index (χ4n) is 1.72. The lowest BCUT2D eigenvalue weighted by Crippen LogP contribution is -1.82. The maximum atomic E-state index is 9.34. The summed E-state index contributed by atoms with van der Waals surface area (Å²) in [7, 11) is 0. The molecule has 0 unspecified atom stereocenters. The predicted molar refractivity (Wildman–Crippen MR) is 60.2 cm³/mol. The number of nitrogens with one attached hydrogen (secondary N) is 1. The zero-order valence-electron chi connectivity index (χ0n) is 8.75. The summed E-state index contributed by atoms with van der Waals surface area (Å²) in [6.45, 7) is 2.15. The molecular weight excluding hydrogens is 190 g/mol. The number of aromatic amines is 1. The Balaban J connectivity index is 2.38. The number of hydrogen-bond donors (Lipinski definition) is 3. The van der Waals surface area contributed by atoms with Crippen molar-refractivity contribution in [3.8, 4) is 11.5 Å². The highest BCUT2D eigenvalue weighted by Crippen LogP contribution is 2.30. The number of benzene rings is 1. The van der Waals surface area contributed by atoms with Crippen LogP contribution >= 0.6 is 0 Å². The Kier molecular flexibility index (Phi) is 2.54. The van der Waals surface area contributed by atoms with Crippen LogP contribution in [0.3, 0.4) is 0 Å². The van der Waals surface area contributed by atoms with Gasteiger partial charge in [0.25, 0.3) is 0 Å². The van der Waals surface area contributed by atoms with Gasteiger partial charge in [-0.2, -0.15) is 0 Å². The average molecular weight is 205 g/mol. The van der Waals surface area contributed by atoms with E-state index in [1.165, 1.54) is 0 Å². The van der Waals surface area contributed by atoms with Gasteiger partial charge in [-0.3, -0.25) is 0 Å². The molecule has 3 nitrogen and oxygen atoms in total. The zero-order valence-corrected chi connectivity index (χ0v) is 8.75. The fourth-order valence-corrected chi connectivity index (χ4v) is 1.72. The predicted octanol–water partition coefficient (Wildman–Crippen LogP) is 2.92. The second-order valence-electron chi connectivity index (χ2n) is 3.83. The lowest BCUT2D eigenvalue weighted by Gasteiger charge is -1.96. The van der Waals surface area contributed by atoms with E-state index in [1.807, 2.05) is 6.07 Å². The van der Waals surface area contributed by atoms with Crippen LogP contribution in [0.1, 0.15) is 25.5 Å². The first-order valence-electron chi connectivity index (χ1n) is 5.24. The van der Waals surface area contributed by atoms with E-state index in [0.29, 0.717) is 0 Å². The molecule has 1 aromatic carbocycles. The number of aryl methyl sites for hydroxylation is 1. The summed E-state index contributed by atoms with van der Waals surface area (Å²) >= 11 is 0. The molecule has 0 aliphatic carbocycles. The van der Waals surface area contributed by atoms with E-state index in [1.54, 1.807) is 12.1 Å². The van der Waals surface area contributed by atoms with Gasteiger partial charge in [0.15, 0.2) is 11.5 Å². The SMILES string of the molecule is CCCCc1cc2cc(O)c(O)cc2[nH]1. The molecule has 3 N–H and O–H groups in total. The Hall–Kier alpha value is -1.64. The van der Waals surface area contributed by atoms with E-state index in [4.69, 9.17) is 0 Å². The van der Waals surface area contributed by atoms with Crippen molar-refractivity contribution in [1.82, 2.24) is 4.98 Å². The summed E-state index contributed by atoms with van der Waals surface area (Å²) < 4.78 is 0. The number of hydrogen-bond acceptors (Lipinski definition) is 2. The number of unbranched alkanes of at least 4 members (excludes halogenated alkanes) is 1. The monoisotopic (exact) mass is 205 g/mol. The van der Waals surface area contributed by atoms with Gasteiger partial charge in [0.1, 0.15) is 0 Å². The molecule has 3 heteroatoms. The van der Waals surface area contributed by atoms with Gasteiger partial charge in [0, 0.05) is 22.7 Å². The minimum Gasteiger partial charge on any atom is -0.504 e. The molecule has 0 aliphatic heterocycles. The lowest BCUT2D eigenvalue weighted by molar-refractivity contribution is 0.405. The number of H-pyrrole nitrogens is 1. The van der Waals surface area contributed by atoms with Gasteiger partial charge in [-0.15, -0.1) is 0 Å². The maximum Gasteiger partial charge on any atom is 0.159 e. The van der Waals surface area contributed by atoms with Gasteiger partial charge in [-0.05, 0) is 25.0 Å². The van der Waals surface area contributed by atoms with Gasteiger partial charge in [-0.25, -0.2) is 0 Å². The van der Waals surface area contributed by atoms with Gasteiger partial charge < -0.3 is 15.2 Å². The third kappa shape index (κ3) is 1.91. The molecule has 1 heterocycles. The Bertz CT molecular complexity index is 435. The third-order valence-electron chi connectivity index (χ3n) is 2.57. The zero-order chi connectivity index (χ0) is 10.8. The molecule has 15 heavy (non-hydrogen) atoms. The Morgan fingerprint density at radius 1 is 1.13 bits per heavy atom. The van der Waals surface area contributed by atoms with Crippen molar-refractivity contribution >= 4 is 10.9 Å². The third-order valence-corrected chi connectivity index (χ3v) is 2.57. The van der Waals surface area contributed by atoms with Gasteiger partial charge in [-0.1, -0.05) is 13.3 Å². The van der Waals surface area contributed by atoms with Crippen LogP contribution in [0.15, 0.2) is 18.2 Å². The molecule has 2 aromatic rings. The van der Waals surface area contributed by atoms with E-state index in [-0.39, 0.29) is 11.5 Å². The molecule has 0 fully saturated rings. The summed E-state index contributed by atoms with van der Waals surface area (Å²) in [4.78, 5) is 3.23. The quantitative estimate of drug-likeness (QED) is 0.675. The maximum absolute atomic E-state index is 9.34. The first-order chi connectivity index (χ1) is 7.20. The van der Waals surface area contributed by atoms with Crippen molar-refractivity contribution in [2.75, 3.05) is 0 Å². The van der Waals surface area contributed by atoms with Crippen molar-refractivity contribution in [3.63, 3.8) is 0 Å². The molecule has 2 rings (SSSR count). The van der Waals surface area contributed by atoms with E-state index in [2.05, 4.69) is 11.9 Å². The molecule has 0 spiro atoms. The summed E-state index contributed by atoms with van der Waals surface area (Å²) in [6, 6.07) is 5.15. The van der Waals surface area contributed by atoms with Crippen LogP contribution in [-0.2, 0) is 6.42 Å². The van der Waals surface area contributed by atoms with Crippen LogP contribution in [0.25, 0.3) is 10.9 Å². The second-order valence-corrected chi connectivity index (χ2v) is 3.83. The Morgan fingerprint density at radius 3 is 2.60 bits per heavy atom. The van der Waals surface area contributed by atoms with Crippen LogP contribution < -0.4 is 0 Å².